The molecule has 4 nitrogen and oxygen atoms in total. The second-order valence-electron chi connectivity index (χ2n) is 4.46. The van der Waals surface area contributed by atoms with E-state index >= 15 is 0 Å². The quantitative estimate of drug-likeness (QED) is 0.640. The van der Waals surface area contributed by atoms with Gasteiger partial charge in [-0.3, -0.25) is 0 Å². The average Bonchev–Trinajstić information content (AvgIpc) is 2.41. The lowest BCUT2D eigenvalue weighted by molar-refractivity contribution is 0.288. The van der Waals surface area contributed by atoms with Crippen LogP contribution < -0.4 is 15.8 Å². The largest absolute Gasteiger partial charge is 0.491 e. The lowest BCUT2D eigenvalue weighted by Gasteiger charge is -2.23. The predicted octanol–water partition coefficient (Wildman–Crippen LogP) is 2.58. The zero-order valence-electron chi connectivity index (χ0n) is 11.8. The normalized spacial score (nSPS) is 13.9. The highest BCUT2D eigenvalue weighted by atomic mass is 32.2. The van der Waals surface area contributed by atoms with Crippen LogP contribution in [0, 0.1) is 0 Å². The molecule has 0 aromatic heterocycles. The number of nitrogen functional groups attached to an aromatic ring is 1. The van der Waals surface area contributed by atoms with Crippen LogP contribution in [0.25, 0.3) is 0 Å². The van der Waals surface area contributed by atoms with Crippen molar-refractivity contribution >= 4 is 23.1 Å². The van der Waals surface area contributed by atoms with Crippen molar-refractivity contribution in [3.63, 3.8) is 0 Å². The number of thioether (sulfide) groups is 1. The number of anilines is 2. The number of nitrogens with one attached hydrogen (secondary N) is 1. The highest BCUT2D eigenvalue weighted by Gasteiger charge is 2.16. The smallest absolute Gasteiger partial charge is 0.144 e. The Bertz CT molecular complexity index is 384. The van der Waals surface area contributed by atoms with Gasteiger partial charge in [0.1, 0.15) is 5.75 Å². The maximum Gasteiger partial charge on any atom is 0.144 e. The van der Waals surface area contributed by atoms with Crippen molar-refractivity contribution in [2.45, 2.75) is 31.6 Å². The van der Waals surface area contributed by atoms with Crippen molar-refractivity contribution < 1.29 is 9.84 Å². The van der Waals surface area contributed by atoms with Crippen molar-refractivity contribution in [2.24, 2.45) is 0 Å². The van der Waals surface area contributed by atoms with E-state index in [1.54, 1.807) is 11.8 Å². The molecule has 0 aliphatic carbocycles. The number of rotatable bonds is 8. The monoisotopic (exact) mass is 284 g/mol. The number of hydrogen-bond acceptors (Lipinski definition) is 5. The number of benzene rings is 1. The third-order valence-electron chi connectivity index (χ3n) is 2.95. The summed E-state index contributed by atoms with van der Waals surface area (Å²) in [6.45, 7) is 4.90. The molecule has 0 aliphatic rings. The standard InChI is InChI=1S/C14H24N2O2S/c1-4-8-18-12-7-5-6-11(14(12)15)16-10(2)13(9-17)19-3/h5-7,10,13,16-17H,4,8-9,15H2,1-3H3. The Morgan fingerprint density at radius 2 is 2.21 bits per heavy atom. The molecule has 0 heterocycles. The third kappa shape index (κ3) is 4.51. The van der Waals surface area contributed by atoms with Crippen molar-refractivity contribution in [3.05, 3.63) is 18.2 Å². The SMILES string of the molecule is CCCOc1cccc(NC(C)C(CO)SC)c1N. The van der Waals surface area contributed by atoms with Gasteiger partial charge in [0.25, 0.3) is 0 Å². The zero-order chi connectivity index (χ0) is 14.3. The number of nitrogens with two attached hydrogens (primary N) is 1. The van der Waals surface area contributed by atoms with Gasteiger partial charge in [-0.25, -0.2) is 0 Å². The van der Waals surface area contributed by atoms with E-state index in [1.165, 1.54) is 0 Å². The van der Waals surface area contributed by atoms with Crippen molar-refractivity contribution in [1.29, 1.82) is 0 Å². The topological polar surface area (TPSA) is 67.5 Å². The molecule has 0 spiro atoms. The molecule has 2 unspecified atom stereocenters. The van der Waals surface area contributed by atoms with Gasteiger partial charge < -0.3 is 20.9 Å². The van der Waals surface area contributed by atoms with Gasteiger partial charge in [-0.15, -0.1) is 0 Å². The minimum Gasteiger partial charge on any atom is -0.491 e. The Morgan fingerprint density at radius 3 is 2.79 bits per heavy atom. The first-order valence-electron chi connectivity index (χ1n) is 6.55. The molecule has 0 saturated carbocycles. The third-order valence-corrected chi connectivity index (χ3v) is 4.11. The first kappa shape index (κ1) is 16.0. The molecule has 5 heteroatoms. The van der Waals surface area contributed by atoms with E-state index in [9.17, 15) is 5.11 Å². The van der Waals surface area contributed by atoms with Crippen molar-refractivity contribution in [2.75, 3.05) is 30.5 Å². The molecule has 19 heavy (non-hydrogen) atoms. The summed E-state index contributed by atoms with van der Waals surface area (Å²) in [7, 11) is 0. The molecule has 0 fully saturated rings. The molecule has 0 bridgehead atoms. The van der Waals surface area contributed by atoms with E-state index in [2.05, 4.69) is 12.2 Å². The Kier molecular flexibility index (Phi) is 6.87. The molecule has 0 amide bonds. The van der Waals surface area contributed by atoms with E-state index in [-0.39, 0.29) is 17.9 Å². The zero-order valence-corrected chi connectivity index (χ0v) is 12.7. The molecular weight excluding hydrogens is 260 g/mol. The summed E-state index contributed by atoms with van der Waals surface area (Å²) in [4.78, 5) is 0. The highest BCUT2D eigenvalue weighted by molar-refractivity contribution is 7.99. The van der Waals surface area contributed by atoms with Crippen LogP contribution in [0.2, 0.25) is 0 Å². The predicted molar refractivity (Wildman–Crippen MR) is 84.1 cm³/mol. The molecule has 108 valence electrons. The number of para-hydroxylation sites is 1. The van der Waals surface area contributed by atoms with Gasteiger partial charge in [0.15, 0.2) is 0 Å². The van der Waals surface area contributed by atoms with Crippen LogP contribution in [0.1, 0.15) is 20.3 Å². The second kappa shape index (κ2) is 8.17. The molecule has 2 atom stereocenters. The fourth-order valence-electron chi connectivity index (χ4n) is 1.78. The van der Waals surface area contributed by atoms with E-state index < -0.39 is 0 Å². The van der Waals surface area contributed by atoms with Crippen LogP contribution in [-0.2, 0) is 0 Å². The number of ether oxygens (including phenoxy) is 1. The molecule has 4 N–H and O–H groups in total. The van der Waals surface area contributed by atoms with Crippen molar-refractivity contribution in [3.8, 4) is 5.75 Å². The summed E-state index contributed by atoms with van der Waals surface area (Å²) in [6.07, 6.45) is 2.94. The Hall–Kier alpha value is -1.07. The number of aliphatic hydroxyl groups is 1. The maximum absolute atomic E-state index is 9.30. The Balaban J connectivity index is 2.78. The number of aliphatic hydroxyl groups excluding tert-OH is 1. The van der Waals surface area contributed by atoms with E-state index in [0.29, 0.717) is 18.0 Å². The fraction of sp³-hybridized carbons (Fsp3) is 0.571. The minimum absolute atomic E-state index is 0.128. The van der Waals surface area contributed by atoms with Crippen LogP contribution in [0.15, 0.2) is 18.2 Å². The highest BCUT2D eigenvalue weighted by Crippen LogP contribution is 2.30. The number of hydrogen-bond donors (Lipinski definition) is 3. The van der Waals surface area contributed by atoms with Crippen LogP contribution >= 0.6 is 11.8 Å². The Labute approximate surface area is 119 Å². The first-order chi connectivity index (χ1) is 9.13. The fourth-order valence-corrected chi connectivity index (χ4v) is 2.41. The van der Waals surface area contributed by atoms with E-state index in [1.807, 2.05) is 31.4 Å². The van der Waals surface area contributed by atoms with E-state index in [4.69, 9.17) is 10.5 Å². The lowest BCUT2D eigenvalue weighted by Crippen LogP contribution is -2.31. The van der Waals surface area contributed by atoms with Crippen molar-refractivity contribution in [1.82, 2.24) is 0 Å². The molecule has 1 rings (SSSR count). The van der Waals surface area contributed by atoms with Gasteiger partial charge in [-0.2, -0.15) is 11.8 Å². The summed E-state index contributed by atoms with van der Waals surface area (Å²) in [6, 6.07) is 5.85. The molecular formula is C14H24N2O2S. The first-order valence-corrected chi connectivity index (χ1v) is 7.84. The molecule has 0 radical (unpaired) electrons. The van der Waals surface area contributed by atoms with Crippen LogP contribution in [0.3, 0.4) is 0 Å². The van der Waals surface area contributed by atoms with E-state index in [0.717, 1.165) is 12.1 Å². The maximum atomic E-state index is 9.30. The Morgan fingerprint density at radius 1 is 1.47 bits per heavy atom. The molecule has 0 saturated heterocycles. The molecule has 1 aromatic rings. The summed E-state index contributed by atoms with van der Waals surface area (Å²) >= 11 is 1.64. The summed E-state index contributed by atoms with van der Waals surface area (Å²) in [5.41, 5.74) is 7.58. The minimum atomic E-state index is 0.128. The summed E-state index contributed by atoms with van der Waals surface area (Å²) in [5, 5.41) is 12.8. The van der Waals surface area contributed by atoms with Gasteiger partial charge in [0.05, 0.1) is 24.6 Å². The average molecular weight is 284 g/mol. The van der Waals surface area contributed by atoms with Crippen LogP contribution in [0.5, 0.6) is 5.75 Å². The summed E-state index contributed by atoms with van der Waals surface area (Å²) < 4.78 is 5.60. The van der Waals surface area contributed by atoms with Crippen LogP contribution in [0.4, 0.5) is 11.4 Å². The molecule has 1 aromatic carbocycles. The summed E-state index contributed by atoms with van der Waals surface area (Å²) in [5.74, 6) is 0.712. The molecule has 0 aliphatic heterocycles. The van der Waals surface area contributed by atoms with Gasteiger partial charge in [0.2, 0.25) is 0 Å². The lowest BCUT2D eigenvalue weighted by atomic mass is 10.2. The van der Waals surface area contributed by atoms with Gasteiger partial charge in [0, 0.05) is 11.3 Å². The van der Waals surface area contributed by atoms with Gasteiger partial charge in [-0.05, 0) is 31.7 Å². The second-order valence-corrected chi connectivity index (χ2v) is 5.53. The van der Waals surface area contributed by atoms with Crippen LogP contribution in [-0.4, -0.2) is 35.9 Å². The van der Waals surface area contributed by atoms with Gasteiger partial charge in [-0.1, -0.05) is 13.0 Å². The van der Waals surface area contributed by atoms with Gasteiger partial charge >= 0.3 is 0 Å².